The maximum Gasteiger partial charge on any atom is 0.0959 e. The van der Waals surface area contributed by atoms with Crippen LogP contribution in [-0.2, 0) is 0 Å². The second kappa shape index (κ2) is 5.08. The molecule has 84 valence electrons. The summed E-state index contributed by atoms with van der Waals surface area (Å²) >= 11 is 1.84. The van der Waals surface area contributed by atoms with Gasteiger partial charge in [0.1, 0.15) is 0 Å². The molecule has 1 atom stereocenters. The Bertz CT molecular complexity index is 282. The summed E-state index contributed by atoms with van der Waals surface area (Å²) in [5, 5.41) is 3.57. The summed E-state index contributed by atoms with van der Waals surface area (Å²) in [7, 11) is 0. The van der Waals surface area contributed by atoms with Crippen LogP contribution in [0.2, 0.25) is 0 Å². The first-order valence-electron chi connectivity index (χ1n) is 6.00. The Morgan fingerprint density at radius 2 is 2.27 bits per heavy atom. The molecule has 0 saturated heterocycles. The minimum Gasteiger partial charge on any atom is -0.330 e. The van der Waals surface area contributed by atoms with Gasteiger partial charge in [0.25, 0.3) is 0 Å². The van der Waals surface area contributed by atoms with Crippen molar-refractivity contribution >= 4 is 11.3 Å². The quantitative estimate of drug-likeness (QED) is 0.852. The highest BCUT2D eigenvalue weighted by Gasteiger charge is 2.21. The van der Waals surface area contributed by atoms with Gasteiger partial charge < -0.3 is 5.73 Å². The van der Waals surface area contributed by atoms with Crippen LogP contribution in [0.15, 0.2) is 5.38 Å². The van der Waals surface area contributed by atoms with Crippen LogP contribution < -0.4 is 5.73 Å². The van der Waals surface area contributed by atoms with Crippen molar-refractivity contribution in [2.45, 2.75) is 50.9 Å². The van der Waals surface area contributed by atoms with Gasteiger partial charge in [-0.2, -0.15) is 0 Å². The molecule has 0 aromatic carbocycles. The van der Waals surface area contributed by atoms with Crippen molar-refractivity contribution in [1.29, 1.82) is 0 Å². The molecule has 1 saturated carbocycles. The Morgan fingerprint density at radius 3 is 2.87 bits per heavy atom. The van der Waals surface area contributed by atoms with Gasteiger partial charge in [0.2, 0.25) is 0 Å². The summed E-state index contributed by atoms with van der Waals surface area (Å²) < 4.78 is 0. The number of nitrogens with two attached hydrogens (primary N) is 1. The summed E-state index contributed by atoms with van der Waals surface area (Å²) in [4.78, 5) is 4.77. The molecule has 0 spiro atoms. The first-order chi connectivity index (χ1) is 7.35. The maximum atomic E-state index is 5.74. The van der Waals surface area contributed by atoms with E-state index in [1.54, 1.807) is 0 Å². The van der Waals surface area contributed by atoms with E-state index in [0.29, 0.717) is 5.92 Å². The lowest BCUT2D eigenvalue weighted by Gasteiger charge is -2.08. The lowest BCUT2D eigenvalue weighted by atomic mass is 10.0. The molecule has 1 aromatic heterocycles. The van der Waals surface area contributed by atoms with E-state index in [1.807, 2.05) is 11.3 Å². The van der Waals surface area contributed by atoms with Crippen LogP contribution in [0.4, 0.5) is 0 Å². The molecular weight excluding hydrogens is 204 g/mol. The molecule has 1 aliphatic rings. The van der Waals surface area contributed by atoms with Gasteiger partial charge in [-0.3, -0.25) is 0 Å². The van der Waals surface area contributed by atoms with Crippen molar-refractivity contribution in [2.24, 2.45) is 5.73 Å². The first-order valence-corrected chi connectivity index (χ1v) is 6.88. The lowest BCUT2D eigenvalue weighted by molar-refractivity contribution is 0.645. The lowest BCUT2D eigenvalue weighted by Crippen LogP contribution is -2.12. The predicted molar refractivity (Wildman–Crippen MR) is 65.4 cm³/mol. The van der Waals surface area contributed by atoms with Crippen LogP contribution in [0, 0.1) is 0 Å². The third kappa shape index (κ3) is 2.40. The Morgan fingerprint density at radius 1 is 1.53 bits per heavy atom. The van der Waals surface area contributed by atoms with Crippen LogP contribution in [0.25, 0.3) is 0 Å². The van der Waals surface area contributed by atoms with Gasteiger partial charge in [0, 0.05) is 23.8 Å². The Labute approximate surface area is 95.9 Å². The second-order valence-electron chi connectivity index (χ2n) is 4.43. The van der Waals surface area contributed by atoms with Crippen LogP contribution in [0.3, 0.4) is 0 Å². The molecule has 0 bridgehead atoms. The molecule has 1 fully saturated rings. The maximum absolute atomic E-state index is 5.74. The number of nitrogens with zero attached hydrogens (tertiary/aromatic N) is 1. The Hall–Kier alpha value is -0.410. The molecule has 1 unspecified atom stereocenters. The monoisotopic (exact) mass is 224 g/mol. The third-order valence-electron chi connectivity index (χ3n) is 3.44. The van der Waals surface area contributed by atoms with Crippen molar-refractivity contribution in [2.75, 3.05) is 6.54 Å². The van der Waals surface area contributed by atoms with Gasteiger partial charge in [-0.15, -0.1) is 11.3 Å². The van der Waals surface area contributed by atoms with Crippen LogP contribution in [0.1, 0.15) is 61.6 Å². The van der Waals surface area contributed by atoms with E-state index in [2.05, 4.69) is 12.3 Å². The zero-order valence-corrected chi connectivity index (χ0v) is 10.2. The highest BCUT2D eigenvalue weighted by molar-refractivity contribution is 7.09. The van der Waals surface area contributed by atoms with Crippen LogP contribution >= 0.6 is 11.3 Å². The van der Waals surface area contributed by atoms with E-state index in [0.717, 1.165) is 18.9 Å². The smallest absolute Gasteiger partial charge is 0.0959 e. The average Bonchev–Trinajstić information content (AvgIpc) is 2.89. The molecule has 1 heterocycles. The number of aromatic nitrogens is 1. The van der Waals surface area contributed by atoms with E-state index in [9.17, 15) is 0 Å². The number of thiazole rings is 1. The van der Waals surface area contributed by atoms with E-state index >= 15 is 0 Å². The zero-order chi connectivity index (χ0) is 10.7. The highest BCUT2D eigenvalue weighted by Crippen LogP contribution is 2.36. The zero-order valence-electron chi connectivity index (χ0n) is 9.41. The molecule has 15 heavy (non-hydrogen) atoms. The number of hydrogen-bond acceptors (Lipinski definition) is 3. The van der Waals surface area contributed by atoms with Crippen molar-refractivity contribution in [3.05, 3.63) is 16.1 Å². The van der Waals surface area contributed by atoms with E-state index in [-0.39, 0.29) is 0 Å². The van der Waals surface area contributed by atoms with Crippen LogP contribution in [-0.4, -0.2) is 11.5 Å². The summed E-state index contributed by atoms with van der Waals surface area (Å²) in [5.41, 5.74) is 6.97. The van der Waals surface area contributed by atoms with Gasteiger partial charge in [0.15, 0.2) is 0 Å². The van der Waals surface area contributed by atoms with Crippen molar-refractivity contribution < 1.29 is 0 Å². The fourth-order valence-corrected chi connectivity index (χ4v) is 3.42. The summed E-state index contributed by atoms with van der Waals surface area (Å²) in [6.07, 6.45) is 6.55. The van der Waals surface area contributed by atoms with Gasteiger partial charge in [0.05, 0.1) is 10.7 Å². The van der Waals surface area contributed by atoms with Gasteiger partial charge >= 0.3 is 0 Å². The fraction of sp³-hybridized carbons (Fsp3) is 0.750. The molecule has 1 aliphatic carbocycles. The minimum atomic E-state index is 0.469. The topological polar surface area (TPSA) is 38.9 Å². The minimum absolute atomic E-state index is 0.469. The molecule has 0 amide bonds. The van der Waals surface area contributed by atoms with E-state index in [4.69, 9.17) is 10.7 Å². The largest absolute Gasteiger partial charge is 0.330 e. The second-order valence-corrected chi connectivity index (χ2v) is 5.32. The van der Waals surface area contributed by atoms with Crippen LogP contribution in [0.5, 0.6) is 0 Å². The molecule has 3 heteroatoms. The van der Waals surface area contributed by atoms with Gasteiger partial charge in [-0.1, -0.05) is 19.8 Å². The van der Waals surface area contributed by atoms with Gasteiger partial charge in [-0.25, -0.2) is 4.98 Å². The van der Waals surface area contributed by atoms with Crippen molar-refractivity contribution in [3.63, 3.8) is 0 Å². The molecular formula is C12H20N2S. The van der Waals surface area contributed by atoms with Gasteiger partial charge in [-0.05, 0) is 19.3 Å². The SMILES string of the molecule is CCC(CN)c1csc(C2CCCC2)n1. The van der Waals surface area contributed by atoms with E-state index < -0.39 is 0 Å². The summed E-state index contributed by atoms with van der Waals surface area (Å²) in [6, 6.07) is 0. The Balaban J connectivity index is 2.08. The standard InChI is InChI=1S/C12H20N2S/c1-2-9(7-13)11-8-15-12(14-11)10-5-3-4-6-10/h8-10H,2-7,13H2,1H3. The third-order valence-corrected chi connectivity index (χ3v) is 4.47. The Kier molecular flexibility index (Phi) is 3.76. The molecule has 0 aliphatic heterocycles. The molecule has 2 rings (SSSR count). The summed E-state index contributed by atoms with van der Waals surface area (Å²) in [6.45, 7) is 2.91. The molecule has 2 N–H and O–H groups in total. The number of rotatable bonds is 4. The molecule has 0 radical (unpaired) electrons. The highest BCUT2D eigenvalue weighted by atomic mass is 32.1. The first kappa shape index (κ1) is 11.1. The fourth-order valence-electron chi connectivity index (χ4n) is 2.35. The average molecular weight is 224 g/mol. The van der Waals surface area contributed by atoms with Crippen molar-refractivity contribution in [1.82, 2.24) is 4.98 Å². The van der Waals surface area contributed by atoms with E-state index in [1.165, 1.54) is 36.4 Å². The predicted octanol–water partition coefficient (Wildman–Crippen LogP) is 3.25. The molecule has 2 nitrogen and oxygen atoms in total. The van der Waals surface area contributed by atoms with Crippen molar-refractivity contribution in [3.8, 4) is 0 Å². The summed E-state index contributed by atoms with van der Waals surface area (Å²) in [5.74, 6) is 1.22. The molecule has 1 aromatic rings. The number of hydrogen-bond donors (Lipinski definition) is 1. The normalized spacial score (nSPS) is 19.6.